The lowest BCUT2D eigenvalue weighted by molar-refractivity contribution is 0.922. The van der Waals surface area contributed by atoms with Crippen molar-refractivity contribution in [2.45, 2.75) is 11.9 Å². The molecule has 0 unspecified atom stereocenters. The molecule has 5 heteroatoms. The average molecular weight is 273 g/mol. The normalized spacial score (nSPS) is 11.0. The maximum Gasteiger partial charge on any atom is 0.146 e. The lowest BCUT2D eigenvalue weighted by atomic mass is 10.2. The van der Waals surface area contributed by atoms with Crippen LogP contribution < -0.4 is 0 Å². The van der Waals surface area contributed by atoms with Gasteiger partial charge in [0.15, 0.2) is 0 Å². The minimum atomic E-state index is 0.897. The van der Waals surface area contributed by atoms with E-state index in [4.69, 9.17) is 4.98 Å². The Morgan fingerprint density at radius 2 is 1.89 bits per heavy atom. The second kappa shape index (κ2) is 4.66. The third-order valence-corrected chi connectivity index (χ3v) is 4.54. The highest BCUT2D eigenvalue weighted by molar-refractivity contribution is 7.98. The van der Waals surface area contributed by atoms with E-state index in [1.54, 1.807) is 23.1 Å². The molecular formula is C13H11N3S2. The van der Waals surface area contributed by atoms with Gasteiger partial charge in [0, 0.05) is 5.56 Å². The number of aromatic nitrogens is 3. The molecule has 1 aromatic carbocycles. The minimum absolute atomic E-state index is 0.897. The molecule has 0 N–H and O–H groups in total. The number of aryl methyl sites for hydroxylation is 1. The van der Waals surface area contributed by atoms with Gasteiger partial charge in [-0.2, -0.15) is 5.10 Å². The van der Waals surface area contributed by atoms with Gasteiger partial charge in [-0.3, -0.25) is 0 Å². The highest BCUT2D eigenvalue weighted by atomic mass is 32.2. The van der Waals surface area contributed by atoms with Crippen LogP contribution in [0.1, 0.15) is 5.69 Å². The smallest absolute Gasteiger partial charge is 0.146 e. The summed E-state index contributed by atoms with van der Waals surface area (Å²) in [6, 6.07) is 10.2. The quantitative estimate of drug-likeness (QED) is 0.666. The summed E-state index contributed by atoms with van der Waals surface area (Å²) < 4.78 is 1.13. The molecule has 0 bridgehead atoms. The van der Waals surface area contributed by atoms with Crippen LogP contribution in [0.4, 0.5) is 0 Å². The number of fused-ring (bicyclic) bond motifs is 1. The molecule has 3 rings (SSSR count). The van der Waals surface area contributed by atoms with Crippen LogP contribution in [-0.2, 0) is 0 Å². The van der Waals surface area contributed by atoms with Gasteiger partial charge in [-0.15, -0.1) is 28.2 Å². The Hall–Kier alpha value is -1.46. The fourth-order valence-corrected chi connectivity index (χ4v) is 3.31. The van der Waals surface area contributed by atoms with E-state index in [2.05, 4.69) is 22.3 Å². The van der Waals surface area contributed by atoms with Gasteiger partial charge in [-0.25, -0.2) is 4.98 Å². The van der Waals surface area contributed by atoms with Gasteiger partial charge < -0.3 is 0 Å². The molecular weight excluding hydrogens is 262 g/mol. The number of benzene rings is 1. The second-order valence-corrected chi connectivity index (χ2v) is 5.65. The summed E-state index contributed by atoms with van der Waals surface area (Å²) in [6.45, 7) is 1.98. The molecule has 0 spiro atoms. The van der Waals surface area contributed by atoms with Crippen molar-refractivity contribution in [2.24, 2.45) is 0 Å². The van der Waals surface area contributed by atoms with E-state index in [9.17, 15) is 0 Å². The molecule has 0 amide bonds. The summed E-state index contributed by atoms with van der Waals surface area (Å²) >= 11 is 3.27. The monoisotopic (exact) mass is 273 g/mol. The molecule has 3 nitrogen and oxygen atoms in total. The number of nitrogens with zero attached hydrogens (tertiary/aromatic N) is 3. The van der Waals surface area contributed by atoms with Gasteiger partial charge in [0.1, 0.15) is 15.6 Å². The van der Waals surface area contributed by atoms with Gasteiger partial charge in [-0.1, -0.05) is 30.3 Å². The molecule has 0 radical (unpaired) electrons. The number of thiazole rings is 1. The van der Waals surface area contributed by atoms with Crippen LogP contribution >= 0.6 is 23.1 Å². The Kier molecular flexibility index (Phi) is 3.01. The van der Waals surface area contributed by atoms with E-state index in [0.717, 1.165) is 31.5 Å². The fourth-order valence-electron chi connectivity index (χ4n) is 1.77. The van der Waals surface area contributed by atoms with Gasteiger partial charge >= 0.3 is 0 Å². The van der Waals surface area contributed by atoms with Gasteiger partial charge in [0.05, 0.1) is 10.4 Å². The van der Waals surface area contributed by atoms with E-state index in [-0.39, 0.29) is 0 Å². The zero-order chi connectivity index (χ0) is 12.5. The summed E-state index contributed by atoms with van der Waals surface area (Å²) in [7, 11) is 0. The largest absolute Gasteiger partial charge is 0.233 e. The van der Waals surface area contributed by atoms with E-state index in [0.29, 0.717) is 0 Å². The standard InChI is InChI=1S/C13H11N3S2/c1-8-11-10(13(17-2)16-15-8)14-12(18-11)9-6-4-3-5-7-9/h3-7H,1-2H3. The highest BCUT2D eigenvalue weighted by Gasteiger charge is 2.13. The number of hydrogen-bond acceptors (Lipinski definition) is 5. The second-order valence-electron chi connectivity index (χ2n) is 3.86. The molecule has 90 valence electrons. The predicted octanol–water partition coefficient (Wildman–Crippen LogP) is 3.78. The average Bonchev–Trinajstić information content (AvgIpc) is 2.86. The molecule has 0 aliphatic carbocycles. The zero-order valence-corrected chi connectivity index (χ0v) is 11.7. The molecule has 0 fully saturated rings. The van der Waals surface area contributed by atoms with E-state index < -0.39 is 0 Å². The first kappa shape index (κ1) is 11.6. The van der Waals surface area contributed by atoms with Crippen LogP contribution in [0.2, 0.25) is 0 Å². The number of thioether (sulfide) groups is 1. The lowest BCUT2D eigenvalue weighted by Gasteiger charge is -1.96. The van der Waals surface area contributed by atoms with Crippen molar-refractivity contribution >= 4 is 33.3 Å². The van der Waals surface area contributed by atoms with Crippen LogP contribution in [0.5, 0.6) is 0 Å². The van der Waals surface area contributed by atoms with Crippen LogP contribution in [0.15, 0.2) is 35.4 Å². The van der Waals surface area contributed by atoms with Crippen molar-refractivity contribution in [3.63, 3.8) is 0 Å². The van der Waals surface area contributed by atoms with Crippen LogP contribution in [0.3, 0.4) is 0 Å². The summed E-state index contributed by atoms with van der Waals surface area (Å²) in [5, 5.41) is 10.3. The van der Waals surface area contributed by atoms with Crippen molar-refractivity contribution in [2.75, 3.05) is 6.26 Å². The summed E-state index contributed by atoms with van der Waals surface area (Å²) in [4.78, 5) is 4.71. The predicted molar refractivity (Wildman–Crippen MR) is 77.2 cm³/mol. The molecule has 0 aliphatic rings. The molecule has 18 heavy (non-hydrogen) atoms. The number of hydrogen-bond donors (Lipinski definition) is 0. The third kappa shape index (κ3) is 1.89. The van der Waals surface area contributed by atoms with Crippen LogP contribution in [0.25, 0.3) is 20.8 Å². The first-order valence-electron chi connectivity index (χ1n) is 5.53. The Balaban J connectivity index is 2.25. The highest BCUT2D eigenvalue weighted by Crippen LogP contribution is 2.34. The molecule has 2 heterocycles. The van der Waals surface area contributed by atoms with Gasteiger partial charge in [-0.05, 0) is 13.2 Å². The van der Waals surface area contributed by atoms with Crippen LogP contribution in [-0.4, -0.2) is 21.4 Å². The topological polar surface area (TPSA) is 38.7 Å². The van der Waals surface area contributed by atoms with Crippen molar-refractivity contribution in [3.05, 3.63) is 36.0 Å². The molecule has 0 aliphatic heterocycles. The zero-order valence-electron chi connectivity index (χ0n) is 10.0. The number of rotatable bonds is 2. The molecule has 3 aromatic rings. The Morgan fingerprint density at radius 1 is 1.11 bits per heavy atom. The lowest BCUT2D eigenvalue weighted by Crippen LogP contribution is -1.89. The van der Waals surface area contributed by atoms with Crippen molar-refractivity contribution in [1.29, 1.82) is 0 Å². The summed E-state index contributed by atoms with van der Waals surface area (Å²) in [6.07, 6.45) is 2.00. The fraction of sp³-hybridized carbons (Fsp3) is 0.154. The Morgan fingerprint density at radius 3 is 2.61 bits per heavy atom. The minimum Gasteiger partial charge on any atom is -0.233 e. The summed E-state index contributed by atoms with van der Waals surface area (Å²) in [5.41, 5.74) is 3.06. The van der Waals surface area contributed by atoms with Crippen molar-refractivity contribution in [1.82, 2.24) is 15.2 Å². The maximum absolute atomic E-state index is 4.71. The SMILES string of the molecule is CSc1nnc(C)c2sc(-c3ccccc3)nc12. The first-order valence-corrected chi connectivity index (χ1v) is 7.57. The van der Waals surface area contributed by atoms with E-state index >= 15 is 0 Å². The molecule has 2 aromatic heterocycles. The molecule has 0 atom stereocenters. The van der Waals surface area contributed by atoms with Crippen LogP contribution in [0, 0.1) is 6.92 Å². The Bertz CT molecular complexity index is 692. The first-order chi connectivity index (χ1) is 8.79. The molecule has 0 saturated heterocycles. The van der Waals surface area contributed by atoms with Crippen molar-refractivity contribution in [3.8, 4) is 10.6 Å². The third-order valence-electron chi connectivity index (χ3n) is 2.66. The van der Waals surface area contributed by atoms with Gasteiger partial charge in [0.2, 0.25) is 0 Å². The maximum atomic E-state index is 4.71. The van der Waals surface area contributed by atoms with Gasteiger partial charge in [0.25, 0.3) is 0 Å². The Labute approximate surface area is 113 Å². The van der Waals surface area contributed by atoms with E-state index in [1.165, 1.54) is 0 Å². The summed E-state index contributed by atoms with van der Waals surface area (Å²) in [5.74, 6) is 0. The van der Waals surface area contributed by atoms with E-state index in [1.807, 2.05) is 31.4 Å². The molecule has 0 saturated carbocycles. The van der Waals surface area contributed by atoms with Crippen molar-refractivity contribution < 1.29 is 0 Å².